The maximum absolute atomic E-state index is 13.4. The van der Waals surface area contributed by atoms with Crippen molar-refractivity contribution in [2.24, 2.45) is 11.8 Å². The lowest BCUT2D eigenvalue weighted by molar-refractivity contribution is -0.123. The number of hydrogen-bond acceptors (Lipinski definition) is 7. The molecule has 43 heavy (non-hydrogen) atoms. The zero-order valence-corrected chi connectivity index (χ0v) is 25.5. The third-order valence-corrected chi connectivity index (χ3v) is 11.2. The summed E-state index contributed by atoms with van der Waals surface area (Å²) in [6.07, 6.45) is 5.44. The van der Waals surface area contributed by atoms with Crippen LogP contribution < -0.4 is 14.4 Å². The molecule has 1 saturated carbocycles. The van der Waals surface area contributed by atoms with E-state index in [0.29, 0.717) is 36.2 Å². The first kappa shape index (κ1) is 29.8. The molecule has 0 radical (unpaired) electrons. The SMILES string of the molecule is C[C@@H]1C(=O)NS(=O)(=O)c2ccc3c(c2)N(C[C@@H]2CC[C@H]2[C@@H](O)/C=C/CN1C(=O)O)C[C@@]1(CCCc2cc(Cl)ccc21)CO3. The molecule has 3 N–H and O–H groups in total. The van der Waals surface area contributed by atoms with Gasteiger partial charge in [-0.1, -0.05) is 29.8 Å². The summed E-state index contributed by atoms with van der Waals surface area (Å²) in [5.74, 6) is -0.345. The van der Waals surface area contributed by atoms with Gasteiger partial charge in [-0.2, -0.15) is 0 Å². The van der Waals surface area contributed by atoms with Crippen LogP contribution in [0.2, 0.25) is 5.02 Å². The normalized spacial score (nSPS) is 31.0. The van der Waals surface area contributed by atoms with Crippen molar-refractivity contribution in [3.8, 4) is 5.75 Å². The van der Waals surface area contributed by atoms with E-state index in [4.69, 9.17) is 16.3 Å². The number of fused-ring (bicyclic) bond motifs is 4. The zero-order valence-electron chi connectivity index (χ0n) is 23.9. The maximum Gasteiger partial charge on any atom is 0.408 e. The van der Waals surface area contributed by atoms with Crippen molar-refractivity contribution in [2.45, 2.75) is 61.5 Å². The monoisotopic (exact) mass is 629 g/mol. The summed E-state index contributed by atoms with van der Waals surface area (Å²) in [5.41, 5.74) is 2.64. The number of benzene rings is 2. The Morgan fingerprint density at radius 1 is 1.19 bits per heavy atom. The number of carbonyl (C=O) groups is 2. The van der Waals surface area contributed by atoms with Gasteiger partial charge in [0.25, 0.3) is 15.9 Å². The zero-order chi connectivity index (χ0) is 30.5. The van der Waals surface area contributed by atoms with Gasteiger partial charge in [-0.25, -0.2) is 17.9 Å². The van der Waals surface area contributed by atoms with Crippen LogP contribution >= 0.6 is 11.6 Å². The molecule has 2 bridgehead atoms. The van der Waals surface area contributed by atoms with Crippen LogP contribution in [0, 0.1) is 11.8 Å². The van der Waals surface area contributed by atoms with Gasteiger partial charge in [0, 0.05) is 30.1 Å². The summed E-state index contributed by atoms with van der Waals surface area (Å²) in [5, 5.41) is 21.5. The second-order valence-corrected chi connectivity index (χ2v) is 14.4. The van der Waals surface area contributed by atoms with Crippen molar-refractivity contribution in [3.05, 3.63) is 64.7 Å². The summed E-state index contributed by atoms with van der Waals surface area (Å²) >= 11 is 6.36. The quantitative estimate of drug-likeness (QED) is 0.373. The topological polar surface area (TPSA) is 136 Å². The molecule has 230 valence electrons. The largest absolute Gasteiger partial charge is 0.490 e. The van der Waals surface area contributed by atoms with Gasteiger partial charge in [0.1, 0.15) is 11.8 Å². The van der Waals surface area contributed by atoms with E-state index in [2.05, 4.69) is 15.7 Å². The second kappa shape index (κ2) is 11.3. The fourth-order valence-electron chi connectivity index (χ4n) is 7.09. The first-order valence-electron chi connectivity index (χ1n) is 14.7. The highest BCUT2D eigenvalue weighted by Crippen LogP contribution is 2.47. The molecule has 2 amide bonds. The minimum atomic E-state index is -4.33. The molecular formula is C31H36ClN3O7S. The molecule has 12 heteroatoms. The number of sulfonamides is 1. The van der Waals surface area contributed by atoms with E-state index in [-0.39, 0.29) is 28.7 Å². The van der Waals surface area contributed by atoms with Crippen molar-refractivity contribution >= 4 is 39.3 Å². The first-order valence-corrected chi connectivity index (χ1v) is 16.6. The third-order valence-electron chi connectivity index (χ3n) is 9.65. The van der Waals surface area contributed by atoms with Gasteiger partial charge in [-0.3, -0.25) is 9.69 Å². The number of aryl methyl sites for hydroxylation is 1. The van der Waals surface area contributed by atoms with Gasteiger partial charge < -0.3 is 19.8 Å². The average molecular weight is 630 g/mol. The maximum atomic E-state index is 13.4. The fourth-order valence-corrected chi connectivity index (χ4v) is 8.35. The Balaban J connectivity index is 1.43. The molecule has 0 aromatic heterocycles. The Morgan fingerprint density at radius 2 is 2.00 bits per heavy atom. The number of halogens is 1. The summed E-state index contributed by atoms with van der Waals surface area (Å²) < 4.78 is 35.4. The molecule has 2 aliphatic carbocycles. The van der Waals surface area contributed by atoms with E-state index < -0.39 is 34.2 Å². The fraction of sp³-hybridized carbons (Fsp3) is 0.484. The molecular weight excluding hydrogens is 594 g/mol. The molecule has 2 heterocycles. The lowest BCUT2D eigenvalue weighted by Crippen LogP contribution is -2.50. The minimum absolute atomic E-state index is 0.0453. The highest BCUT2D eigenvalue weighted by molar-refractivity contribution is 7.90. The second-order valence-electron chi connectivity index (χ2n) is 12.2. The number of aliphatic hydroxyl groups excluding tert-OH is 1. The van der Waals surface area contributed by atoms with Crippen LogP contribution in [0.25, 0.3) is 0 Å². The smallest absolute Gasteiger partial charge is 0.408 e. The number of aliphatic hydroxyl groups is 1. The van der Waals surface area contributed by atoms with Crippen LogP contribution in [0.1, 0.15) is 43.7 Å². The molecule has 4 aliphatic rings. The molecule has 2 aliphatic heterocycles. The van der Waals surface area contributed by atoms with Gasteiger partial charge in [0.2, 0.25) is 0 Å². The van der Waals surface area contributed by atoms with Gasteiger partial charge in [-0.05, 0) is 92.3 Å². The standard InChI is InChI=1S/C31H36ClN3O7S/c1-19-29(37)33-43(40,41)23-8-11-28-26(15-23)34(16-21-6-9-24(21)27(36)5-3-13-35(19)30(38)39)17-31(18-42-28)12-2-4-20-14-22(32)7-10-25(20)31/h3,5,7-8,10-11,14-15,19,21,24,27,36H,2,4,6,9,12-13,16-18H2,1H3,(H,33,37)(H,38,39)/b5-3+/t19-,21+,24-,27+,31+/m1/s1. The highest BCUT2D eigenvalue weighted by Gasteiger charge is 2.44. The van der Waals surface area contributed by atoms with E-state index in [9.17, 15) is 28.2 Å². The molecule has 1 fully saturated rings. The van der Waals surface area contributed by atoms with Gasteiger partial charge in [-0.15, -0.1) is 0 Å². The van der Waals surface area contributed by atoms with Crippen LogP contribution in [-0.4, -0.2) is 73.9 Å². The van der Waals surface area contributed by atoms with Crippen LogP contribution in [0.3, 0.4) is 0 Å². The molecule has 10 nitrogen and oxygen atoms in total. The van der Waals surface area contributed by atoms with E-state index in [1.807, 2.05) is 12.1 Å². The van der Waals surface area contributed by atoms with Crippen molar-refractivity contribution in [1.82, 2.24) is 9.62 Å². The predicted octanol–water partition coefficient (Wildman–Crippen LogP) is 3.94. The molecule has 0 unspecified atom stereocenters. The number of ether oxygens (including phenoxy) is 1. The molecule has 1 spiro atoms. The number of amides is 2. The number of nitrogens with one attached hydrogen (secondary N) is 1. The van der Waals surface area contributed by atoms with Crippen LogP contribution in [-0.2, 0) is 26.7 Å². The molecule has 2 aromatic rings. The molecule has 2 aromatic carbocycles. The van der Waals surface area contributed by atoms with E-state index in [0.717, 1.165) is 37.0 Å². The van der Waals surface area contributed by atoms with Gasteiger partial charge in [0.15, 0.2) is 0 Å². The van der Waals surface area contributed by atoms with E-state index in [1.165, 1.54) is 36.3 Å². The Kier molecular flexibility index (Phi) is 7.85. The summed E-state index contributed by atoms with van der Waals surface area (Å²) in [6.45, 7) is 2.73. The Hall–Kier alpha value is -3.28. The molecule has 5 atom stereocenters. The summed E-state index contributed by atoms with van der Waals surface area (Å²) in [7, 11) is -4.33. The number of carboxylic acid groups (broad SMARTS) is 1. The number of anilines is 1. The number of hydrogen-bond donors (Lipinski definition) is 3. The lowest BCUT2D eigenvalue weighted by Gasteiger charge is -2.45. The Morgan fingerprint density at radius 3 is 2.74 bits per heavy atom. The van der Waals surface area contributed by atoms with E-state index in [1.54, 1.807) is 12.1 Å². The number of nitrogens with zero attached hydrogens (tertiary/aromatic N) is 2. The first-order chi connectivity index (χ1) is 20.5. The molecule has 0 saturated heterocycles. The third kappa shape index (κ3) is 5.58. The lowest BCUT2D eigenvalue weighted by atomic mass is 9.68. The van der Waals surface area contributed by atoms with Gasteiger partial charge >= 0.3 is 6.09 Å². The van der Waals surface area contributed by atoms with E-state index >= 15 is 0 Å². The minimum Gasteiger partial charge on any atom is -0.490 e. The van der Waals surface area contributed by atoms with Gasteiger partial charge in [0.05, 0.1) is 23.3 Å². The Bertz CT molecular complexity index is 1580. The van der Waals surface area contributed by atoms with Crippen LogP contribution in [0.4, 0.5) is 10.5 Å². The van der Waals surface area contributed by atoms with Crippen molar-refractivity contribution in [1.29, 1.82) is 0 Å². The molecule has 6 rings (SSSR count). The summed E-state index contributed by atoms with van der Waals surface area (Å²) in [4.78, 5) is 27.8. The Labute approximate surface area is 256 Å². The number of carbonyl (C=O) groups excluding carboxylic acids is 1. The average Bonchev–Trinajstić information content (AvgIpc) is 3.09. The summed E-state index contributed by atoms with van der Waals surface area (Å²) in [6, 6.07) is 9.28. The highest BCUT2D eigenvalue weighted by atomic mass is 35.5. The van der Waals surface area contributed by atoms with Crippen molar-refractivity contribution < 1.29 is 33.0 Å². The number of rotatable bonds is 0. The van der Waals surface area contributed by atoms with Crippen molar-refractivity contribution in [2.75, 3.05) is 31.1 Å². The van der Waals surface area contributed by atoms with Crippen molar-refractivity contribution in [3.63, 3.8) is 0 Å². The van der Waals surface area contributed by atoms with Crippen LogP contribution in [0.15, 0.2) is 53.4 Å². The predicted molar refractivity (Wildman–Crippen MR) is 161 cm³/mol. The van der Waals surface area contributed by atoms with Crippen LogP contribution in [0.5, 0.6) is 5.75 Å².